The van der Waals surface area contributed by atoms with Crippen molar-refractivity contribution in [2.45, 2.75) is 19.4 Å². The first kappa shape index (κ1) is 19.1. The van der Waals surface area contributed by atoms with Crippen LogP contribution in [0.4, 0.5) is 4.79 Å². The number of carbonyl (C=O) groups is 2. The van der Waals surface area contributed by atoms with Crippen LogP contribution in [-0.4, -0.2) is 27.2 Å². The molecule has 0 N–H and O–H groups in total. The van der Waals surface area contributed by atoms with Crippen LogP contribution in [0, 0.1) is 12.3 Å². The summed E-state index contributed by atoms with van der Waals surface area (Å²) in [5.41, 5.74) is 3.11. The van der Waals surface area contributed by atoms with E-state index in [1.165, 1.54) is 10.5 Å². The van der Waals surface area contributed by atoms with Gasteiger partial charge in [0.1, 0.15) is 0 Å². The lowest BCUT2D eigenvalue weighted by atomic mass is 10.1. The molecule has 0 radical (unpaired) electrons. The zero-order valence-corrected chi connectivity index (χ0v) is 16.7. The van der Waals surface area contributed by atoms with E-state index in [0.29, 0.717) is 18.0 Å². The molecule has 3 aromatic rings. The van der Waals surface area contributed by atoms with Gasteiger partial charge in [0.15, 0.2) is 0 Å². The first-order chi connectivity index (χ1) is 14.2. The third kappa shape index (κ3) is 3.98. The highest BCUT2D eigenvalue weighted by Gasteiger charge is 2.34. The summed E-state index contributed by atoms with van der Waals surface area (Å²) in [7, 11) is 0. The third-order valence-electron chi connectivity index (χ3n) is 4.93. The highest BCUT2D eigenvalue weighted by atomic mass is 32.2. The maximum Gasteiger partial charge on any atom is 0.293 e. The smallest absolute Gasteiger partial charge is 0.293 e. The standard InChI is InChI=1S/C24H20N2O2S/c1-2-14-25-17-19(20-12-6-7-13-21(20)25)16-22-23(27)26(24(28)29-22)15-8-11-18-9-4-3-5-10-18/h1,3-7,9-10,12-13,16-17H,8,11,14-15H2/b22-16+. The van der Waals surface area contributed by atoms with Crippen LogP contribution in [-0.2, 0) is 17.8 Å². The average Bonchev–Trinajstić information content (AvgIpc) is 3.21. The fourth-order valence-corrected chi connectivity index (χ4v) is 4.40. The van der Waals surface area contributed by atoms with Crippen LogP contribution in [0.5, 0.6) is 0 Å². The van der Waals surface area contributed by atoms with Gasteiger partial charge >= 0.3 is 0 Å². The molecule has 2 heterocycles. The number of aryl methyl sites for hydroxylation is 1. The minimum atomic E-state index is -0.221. The van der Waals surface area contributed by atoms with Crippen molar-refractivity contribution < 1.29 is 9.59 Å². The molecule has 5 heteroatoms. The fraction of sp³-hybridized carbons (Fsp3) is 0.167. The van der Waals surface area contributed by atoms with Gasteiger partial charge in [0.2, 0.25) is 0 Å². The summed E-state index contributed by atoms with van der Waals surface area (Å²) >= 11 is 1.00. The lowest BCUT2D eigenvalue weighted by Gasteiger charge is -2.12. The van der Waals surface area contributed by atoms with Gasteiger partial charge in [-0.15, -0.1) is 6.42 Å². The SMILES string of the molecule is C#CCn1cc(/C=C2/SC(=O)N(CCCc3ccccc3)C2=O)c2ccccc21. The van der Waals surface area contributed by atoms with Crippen LogP contribution in [0.2, 0.25) is 0 Å². The van der Waals surface area contributed by atoms with E-state index in [1.54, 1.807) is 6.08 Å². The summed E-state index contributed by atoms with van der Waals surface area (Å²) in [6, 6.07) is 18.0. The number of hydrogen-bond acceptors (Lipinski definition) is 3. The highest BCUT2D eigenvalue weighted by Crippen LogP contribution is 2.34. The number of amides is 2. The quantitative estimate of drug-likeness (QED) is 0.435. The molecule has 1 aliphatic rings. The molecule has 4 nitrogen and oxygen atoms in total. The molecule has 0 spiro atoms. The summed E-state index contributed by atoms with van der Waals surface area (Å²) in [5, 5.41) is 0.806. The first-order valence-corrected chi connectivity index (χ1v) is 10.3. The van der Waals surface area contributed by atoms with E-state index in [2.05, 4.69) is 18.1 Å². The number of aromatic nitrogens is 1. The number of hydrogen-bond donors (Lipinski definition) is 0. The molecular formula is C24H20N2O2S. The van der Waals surface area contributed by atoms with Gasteiger partial charge in [-0.25, -0.2) is 0 Å². The zero-order chi connectivity index (χ0) is 20.2. The topological polar surface area (TPSA) is 42.3 Å². The maximum absolute atomic E-state index is 12.8. The Bertz CT molecular complexity index is 1140. The van der Waals surface area contributed by atoms with Crippen molar-refractivity contribution in [3.8, 4) is 12.3 Å². The molecule has 1 aromatic heterocycles. The molecule has 4 rings (SSSR count). The Morgan fingerprint density at radius 1 is 1.03 bits per heavy atom. The normalized spacial score (nSPS) is 15.4. The number of fused-ring (bicyclic) bond motifs is 1. The van der Waals surface area contributed by atoms with Gasteiger partial charge in [0.25, 0.3) is 11.1 Å². The molecule has 0 bridgehead atoms. The molecule has 0 aliphatic carbocycles. The first-order valence-electron chi connectivity index (χ1n) is 9.48. The van der Waals surface area contributed by atoms with E-state index >= 15 is 0 Å². The van der Waals surface area contributed by atoms with E-state index in [9.17, 15) is 9.59 Å². The van der Waals surface area contributed by atoms with Gasteiger partial charge in [-0.2, -0.15) is 0 Å². The molecule has 0 atom stereocenters. The second kappa shape index (κ2) is 8.42. The van der Waals surface area contributed by atoms with Crippen molar-refractivity contribution >= 4 is 39.9 Å². The van der Waals surface area contributed by atoms with Crippen molar-refractivity contribution in [3.63, 3.8) is 0 Å². The molecule has 1 aliphatic heterocycles. The Morgan fingerprint density at radius 3 is 2.59 bits per heavy atom. The second-order valence-corrected chi connectivity index (χ2v) is 7.85. The Labute approximate surface area is 174 Å². The van der Waals surface area contributed by atoms with Crippen LogP contribution in [0.3, 0.4) is 0 Å². The predicted molar refractivity (Wildman–Crippen MR) is 118 cm³/mol. The van der Waals surface area contributed by atoms with Crippen molar-refractivity contribution in [3.05, 3.63) is 76.8 Å². The van der Waals surface area contributed by atoms with Crippen molar-refractivity contribution in [1.29, 1.82) is 0 Å². The van der Waals surface area contributed by atoms with E-state index < -0.39 is 0 Å². The van der Waals surface area contributed by atoms with Crippen molar-refractivity contribution in [1.82, 2.24) is 9.47 Å². The van der Waals surface area contributed by atoms with Gasteiger partial charge in [0.05, 0.1) is 11.4 Å². The van der Waals surface area contributed by atoms with Crippen LogP contribution >= 0.6 is 11.8 Å². The summed E-state index contributed by atoms with van der Waals surface area (Å²) in [6.07, 6.45) is 10.8. The maximum atomic E-state index is 12.8. The second-order valence-electron chi connectivity index (χ2n) is 6.86. The Kier molecular flexibility index (Phi) is 5.55. The number of para-hydroxylation sites is 1. The van der Waals surface area contributed by atoms with Crippen LogP contribution in [0.1, 0.15) is 17.5 Å². The van der Waals surface area contributed by atoms with Crippen molar-refractivity contribution in [2.24, 2.45) is 0 Å². The number of benzene rings is 2. The zero-order valence-electron chi connectivity index (χ0n) is 15.9. The Hall–Kier alpha value is -3.23. The monoisotopic (exact) mass is 400 g/mol. The lowest BCUT2D eigenvalue weighted by Crippen LogP contribution is -2.29. The van der Waals surface area contributed by atoms with E-state index in [-0.39, 0.29) is 11.1 Å². The molecule has 2 amide bonds. The highest BCUT2D eigenvalue weighted by molar-refractivity contribution is 8.18. The fourth-order valence-electron chi connectivity index (χ4n) is 3.54. The molecule has 144 valence electrons. The lowest BCUT2D eigenvalue weighted by molar-refractivity contribution is -0.122. The Balaban J connectivity index is 1.52. The minimum Gasteiger partial charge on any atom is -0.335 e. The van der Waals surface area contributed by atoms with Crippen LogP contribution in [0.25, 0.3) is 17.0 Å². The van der Waals surface area contributed by atoms with Gasteiger partial charge in [-0.1, -0.05) is 54.5 Å². The number of carbonyl (C=O) groups excluding carboxylic acids is 2. The predicted octanol–water partition coefficient (Wildman–Crippen LogP) is 4.94. The average molecular weight is 401 g/mol. The number of imide groups is 1. The summed E-state index contributed by atoms with van der Waals surface area (Å²) < 4.78 is 1.98. The summed E-state index contributed by atoms with van der Waals surface area (Å²) in [4.78, 5) is 27.0. The molecule has 1 saturated heterocycles. The minimum absolute atomic E-state index is 0.207. The summed E-state index contributed by atoms with van der Waals surface area (Å²) in [5.74, 6) is 2.43. The largest absolute Gasteiger partial charge is 0.335 e. The van der Waals surface area contributed by atoms with Crippen molar-refractivity contribution in [2.75, 3.05) is 6.54 Å². The molecule has 1 fully saturated rings. The van der Waals surface area contributed by atoms with Crippen LogP contribution < -0.4 is 0 Å². The summed E-state index contributed by atoms with van der Waals surface area (Å²) in [6.45, 7) is 0.880. The molecule has 0 saturated carbocycles. The molecule has 29 heavy (non-hydrogen) atoms. The molecular weight excluding hydrogens is 380 g/mol. The Morgan fingerprint density at radius 2 is 1.79 bits per heavy atom. The van der Waals surface area contributed by atoms with Crippen LogP contribution in [0.15, 0.2) is 65.7 Å². The number of rotatable bonds is 6. The third-order valence-corrected chi connectivity index (χ3v) is 5.84. The van der Waals surface area contributed by atoms with E-state index in [4.69, 9.17) is 6.42 Å². The number of nitrogens with zero attached hydrogens (tertiary/aromatic N) is 2. The van der Waals surface area contributed by atoms with E-state index in [0.717, 1.165) is 41.1 Å². The van der Waals surface area contributed by atoms with Gasteiger partial charge in [0, 0.05) is 29.2 Å². The van der Waals surface area contributed by atoms with E-state index in [1.807, 2.05) is 53.2 Å². The number of thioether (sulfide) groups is 1. The molecule has 0 unspecified atom stereocenters. The van der Waals surface area contributed by atoms with Gasteiger partial charge in [-0.3, -0.25) is 14.5 Å². The molecule has 2 aromatic carbocycles. The van der Waals surface area contributed by atoms with Gasteiger partial charge in [-0.05, 0) is 42.3 Å². The number of terminal acetylenes is 1. The van der Waals surface area contributed by atoms with Gasteiger partial charge < -0.3 is 4.57 Å².